The summed E-state index contributed by atoms with van der Waals surface area (Å²) in [5.41, 5.74) is 7.65. The van der Waals surface area contributed by atoms with E-state index in [1.54, 1.807) is 14.2 Å². The van der Waals surface area contributed by atoms with E-state index in [2.05, 4.69) is 41.9 Å². The number of benzene rings is 3. The molecule has 0 amide bonds. The van der Waals surface area contributed by atoms with E-state index >= 15 is 0 Å². The number of fused-ring (bicyclic) bond motifs is 1. The summed E-state index contributed by atoms with van der Waals surface area (Å²) in [5.74, 6) is 1.33. The van der Waals surface area contributed by atoms with Gasteiger partial charge in [-0.05, 0) is 80.4 Å². The molecule has 0 bridgehead atoms. The van der Waals surface area contributed by atoms with Crippen molar-refractivity contribution in [2.75, 3.05) is 14.2 Å². The van der Waals surface area contributed by atoms with E-state index in [-0.39, 0.29) is 0 Å². The smallest absolute Gasteiger partial charge is 0.416 e. The molecule has 5 aromatic rings. The number of aromatic nitrogens is 2. The highest BCUT2D eigenvalue weighted by Gasteiger charge is 2.31. The number of methoxy groups -OCH3 is 2. The van der Waals surface area contributed by atoms with E-state index in [1.165, 1.54) is 12.1 Å². The normalized spacial score (nSPS) is 11.7. The summed E-state index contributed by atoms with van der Waals surface area (Å²) in [6, 6.07) is 21.1. The largest absolute Gasteiger partial charge is 0.497 e. The van der Waals surface area contributed by atoms with Crippen LogP contribution in [0.25, 0.3) is 33.7 Å². The molecule has 0 aliphatic heterocycles. The zero-order valence-electron chi connectivity index (χ0n) is 21.9. The SMILES string of the molecule is COc1ccc(-c2cccc3c(-c4ccc(C(F)(F)F)cc4)[n+](-c4c(C)cc(C)cc4C)cn23)c(OC)c1. The fraction of sp³-hybridized carbons (Fsp3) is 0.194. The molecule has 38 heavy (non-hydrogen) atoms. The van der Waals surface area contributed by atoms with E-state index in [0.29, 0.717) is 17.1 Å². The first-order valence-electron chi connectivity index (χ1n) is 12.2. The Morgan fingerprint density at radius 2 is 1.47 bits per heavy atom. The third-order valence-corrected chi connectivity index (χ3v) is 6.79. The minimum atomic E-state index is -4.40. The van der Waals surface area contributed by atoms with Gasteiger partial charge in [0, 0.05) is 11.6 Å². The zero-order chi connectivity index (χ0) is 27.2. The van der Waals surface area contributed by atoms with Gasteiger partial charge in [0.2, 0.25) is 0 Å². The third kappa shape index (κ3) is 4.38. The zero-order valence-corrected chi connectivity index (χ0v) is 21.9. The molecule has 2 heterocycles. The van der Waals surface area contributed by atoms with Crippen LogP contribution in [-0.4, -0.2) is 18.6 Å². The monoisotopic (exact) mass is 517 g/mol. The number of ether oxygens (including phenoxy) is 2. The summed E-state index contributed by atoms with van der Waals surface area (Å²) in [4.78, 5) is 0. The molecule has 0 N–H and O–H groups in total. The van der Waals surface area contributed by atoms with Crippen molar-refractivity contribution in [2.24, 2.45) is 0 Å². The highest BCUT2D eigenvalue weighted by atomic mass is 19.4. The standard InChI is InChI=1S/C31H28F3N2O2/c1-19-15-20(2)29(21(3)16-19)36-18-35-26(25-14-13-24(37-4)17-28(25)38-5)7-6-8-27(35)30(36)22-9-11-23(12-10-22)31(32,33)34/h6-18H,1-5H3/q+1. The van der Waals surface area contributed by atoms with Gasteiger partial charge in [-0.1, -0.05) is 23.8 Å². The maximum atomic E-state index is 13.3. The van der Waals surface area contributed by atoms with Crippen LogP contribution in [0.2, 0.25) is 0 Å². The van der Waals surface area contributed by atoms with Crippen LogP contribution in [0.1, 0.15) is 22.3 Å². The highest BCUT2D eigenvalue weighted by Crippen LogP contribution is 2.36. The Morgan fingerprint density at radius 3 is 2.08 bits per heavy atom. The summed E-state index contributed by atoms with van der Waals surface area (Å²) in [6.07, 6.45) is -2.41. The summed E-state index contributed by atoms with van der Waals surface area (Å²) in [6.45, 7) is 6.15. The van der Waals surface area contributed by atoms with E-state index in [4.69, 9.17) is 9.47 Å². The Labute approximate surface area is 219 Å². The van der Waals surface area contributed by atoms with Gasteiger partial charge in [-0.2, -0.15) is 22.1 Å². The predicted molar refractivity (Wildman–Crippen MR) is 142 cm³/mol. The average Bonchev–Trinajstić information content (AvgIpc) is 3.26. The molecule has 3 aromatic carbocycles. The topological polar surface area (TPSA) is 26.8 Å². The molecule has 0 saturated heterocycles. The lowest BCUT2D eigenvalue weighted by Gasteiger charge is -2.11. The van der Waals surface area contributed by atoms with Gasteiger partial charge in [-0.3, -0.25) is 0 Å². The van der Waals surface area contributed by atoms with E-state index < -0.39 is 11.7 Å². The average molecular weight is 518 g/mol. The number of hydrogen-bond acceptors (Lipinski definition) is 2. The molecular formula is C31H28F3N2O2+. The Kier molecular flexibility index (Phi) is 6.39. The third-order valence-electron chi connectivity index (χ3n) is 6.79. The molecule has 0 unspecified atom stereocenters. The van der Waals surface area contributed by atoms with Crippen molar-refractivity contribution in [1.82, 2.24) is 4.40 Å². The first kappa shape index (κ1) is 25.4. The molecule has 0 fully saturated rings. The minimum absolute atomic E-state index is 0.649. The number of aryl methyl sites for hydroxylation is 3. The molecule has 194 valence electrons. The van der Waals surface area contributed by atoms with Crippen LogP contribution < -0.4 is 14.0 Å². The molecule has 7 heteroatoms. The quantitative estimate of drug-likeness (QED) is 0.226. The van der Waals surface area contributed by atoms with Crippen LogP contribution >= 0.6 is 0 Å². The Hall–Kier alpha value is -4.26. The number of imidazole rings is 1. The van der Waals surface area contributed by atoms with E-state index in [9.17, 15) is 13.2 Å². The lowest BCUT2D eigenvalue weighted by atomic mass is 10.0. The van der Waals surface area contributed by atoms with Crippen molar-refractivity contribution in [2.45, 2.75) is 26.9 Å². The lowest BCUT2D eigenvalue weighted by Crippen LogP contribution is -2.33. The van der Waals surface area contributed by atoms with Crippen molar-refractivity contribution in [1.29, 1.82) is 0 Å². The van der Waals surface area contributed by atoms with Crippen LogP contribution in [0.5, 0.6) is 11.5 Å². The lowest BCUT2D eigenvalue weighted by molar-refractivity contribution is -0.583. The molecule has 5 rings (SSSR count). The second-order valence-corrected chi connectivity index (χ2v) is 9.39. The van der Waals surface area contributed by atoms with Gasteiger partial charge in [0.25, 0.3) is 6.33 Å². The van der Waals surface area contributed by atoms with Crippen LogP contribution in [0, 0.1) is 20.8 Å². The van der Waals surface area contributed by atoms with Gasteiger partial charge < -0.3 is 9.47 Å². The van der Waals surface area contributed by atoms with Gasteiger partial charge in [-0.25, -0.2) is 0 Å². The van der Waals surface area contributed by atoms with Crippen molar-refractivity contribution >= 4 is 5.52 Å². The van der Waals surface area contributed by atoms with Gasteiger partial charge in [-0.15, -0.1) is 0 Å². The maximum Gasteiger partial charge on any atom is 0.416 e. The van der Waals surface area contributed by atoms with Crippen LogP contribution in [0.15, 0.2) is 79.1 Å². The number of hydrogen-bond donors (Lipinski definition) is 0. The first-order valence-corrected chi connectivity index (χ1v) is 12.2. The molecule has 0 aliphatic rings. The van der Waals surface area contributed by atoms with E-state index in [1.807, 2.05) is 42.7 Å². The Balaban J connectivity index is 1.84. The number of rotatable bonds is 5. The van der Waals surface area contributed by atoms with Gasteiger partial charge in [0.15, 0.2) is 11.2 Å². The van der Waals surface area contributed by atoms with Crippen LogP contribution in [0.3, 0.4) is 0 Å². The molecular weight excluding hydrogens is 489 g/mol. The highest BCUT2D eigenvalue weighted by molar-refractivity contribution is 5.79. The minimum Gasteiger partial charge on any atom is -0.497 e. The number of pyridine rings is 1. The second kappa shape index (κ2) is 9.56. The Morgan fingerprint density at radius 1 is 0.789 bits per heavy atom. The fourth-order valence-electron chi connectivity index (χ4n) is 5.19. The summed E-state index contributed by atoms with van der Waals surface area (Å²) in [5, 5.41) is 0. The summed E-state index contributed by atoms with van der Waals surface area (Å²) >= 11 is 0. The van der Waals surface area contributed by atoms with Crippen molar-refractivity contribution in [3.8, 4) is 39.7 Å². The number of alkyl halides is 3. The molecule has 2 aromatic heterocycles. The van der Waals surface area contributed by atoms with Crippen molar-refractivity contribution in [3.05, 3.63) is 101 Å². The molecule has 0 aliphatic carbocycles. The maximum absolute atomic E-state index is 13.3. The van der Waals surface area contributed by atoms with Gasteiger partial charge in [0.05, 0.1) is 25.3 Å². The van der Waals surface area contributed by atoms with Gasteiger partial charge in [0.1, 0.15) is 22.9 Å². The molecule has 0 radical (unpaired) electrons. The van der Waals surface area contributed by atoms with E-state index in [0.717, 1.165) is 57.0 Å². The molecule has 0 atom stereocenters. The Bertz CT molecular complexity index is 1630. The fourth-order valence-corrected chi connectivity index (χ4v) is 5.19. The van der Waals surface area contributed by atoms with Crippen LogP contribution in [-0.2, 0) is 6.18 Å². The molecule has 4 nitrogen and oxygen atoms in total. The predicted octanol–water partition coefficient (Wildman–Crippen LogP) is 7.51. The first-order chi connectivity index (χ1) is 18.1. The second-order valence-electron chi connectivity index (χ2n) is 9.39. The molecule has 0 saturated carbocycles. The summed E-state index contributed by atoms with van der Waals surface area (Å²) < 4.78 is 55.2. The molecule has 0 spiro atoms. The summed E-state index contributed by atoms with van der Waals surface area (Å²) in [7, 11) is 3.22. The number of nitrogens with zero attached hydrogens (tertiary/aromatic N) is 2. The number of halogens is 3. The van der Waals surface area contributed by atoms with Crippen LogP contribution in [0.4, 0.5) is 13.2 Å². The van der Waals surface area contributed by atoms with Gasteiger partial charge >= 0.3 is 6.18 Å². The van der Waals surface area contributed by atoms with Crippen molar-refractivity contribution < 1.29 is 27.2 Å². The van der Waals surface area contributed by atoms with Crippen molar-refractivity contribution in [3.63, 3.8) is 0 Å².